The number of nitrogens with two attached hydrogens (primary N) is 1. The largest absolute Gasteiger partial charge is 0.391 e. The van der Waals surface area contributed by atoms with Crippen LogP contribution in [0.3, 0.4) is 0 Å². The number of aryl methyl sites for hydroxylation is 1. The summed E-state index contributed by atoms with van der Waals surface area (Å²) in [5.41, 5.74) is 6.94. The molecule has 0 heterocycles. The van der Waals surface area contributed by atoms with Gasteiger partial charge in [-0.15, -0.1) is 12.4 Å². The maximum absolute atomic E-state index is 13.4. The average molecular weight is 234 g/mol. The normalized spacial score (nSPS) is 14.2. The third-order valence-electron chi connectivity index (χ3n) is 2.35. The van der Waals surface area contributed by atoms with E-state index in [4.69, 9.17) is 5.73 Å². The van der Waals surface area contributed by atoms with Crippen LogP contribution < -0.4 is 5.73 Å². The van der Waals surface area contributed by atoms with Crippen LogP contribution in [0.1, 0.15) is 30.5 Å². The van der Waals surface area contributed by atoms with Gasteiger partial charge in [0.15, 0.2) is 0 Å². The topological polar surface area (TPSA) is 46.2 Å². The molecule has 0 saturated carbocycles. The lowest BCUT2D eigenvalue weighted by Crippen LogP contribution is -2.26. The summed E-state index contributed by atoms with van der Waals surface area (Å²) in [6.45, 7) is 3.63. The van der Waals surface area contributed by atoms with Gasteiger partial charge >= 0.3 is 0 Å². The monoisotopic (exact) mass is 233 g/mol. The number of benzene rings is 1. The van der Waals surface area contributed by atoms with Gasteiger partial charge in [-0.3, -0.25) is 0 Å². The van der Waals surface area contributed by atoms with Crippen LogP contribution >= 0.6 is 12.4 Å². The van der Waals surface area contributed by atoms with Gasteiger partial charge < -0.3 is 10.8 Å². The Bertz CT molecular complexity index is 319. The van der Waals surface area contributed by atoms with E-state index in [9.17, 15) is 9.50 Å². The van der Waals surface area contributed by atoms with Crippen molar-refractivity contribution in [3.05, 3.63) is 35.1 Å². The zero-order chi connectivity index (χ0) is 10.7. The number of halogens is 2. The number of rotatable bonds is 3. The molecule has 3 N–H and O–H groups in total. The molecule has 0 saturated heterocycles. The van der Waals surface area contributed by atoms with Crippen molar-refractivity contribution in [1.29, 1.82) is 0 Å². The molecule has 0 radical (unpaired) electrons. The molecule has 0 fully saturated rings. The highest BCUT2D eigenvalue weighted by Crippen LogP contribution is 2.20. The van der Waals surface area contributed by atoms with Crippen molar-refractivity contribution in [3.63, 3.8) is 0 Å². The first kappa shape index (κ1) is 14.4. The summed E-state index contributed by atoms with van der Waals surface area (Å²) in [4.78, 5) is 0. The average Bonchev–Trinajstić information content (AvgIpc) is 2.15. The lowest BCUT2D eigenvalue weighted by Gasteiger charge is -2.18. The Morgan fingerprint density at radius 3 is 2.53 bits per heavy atom. The summed E-state index contributed by atoms with van der Waals surface area (Å²) >= 11 is 0. The molecule has 15 heavy (non-hydrogen) atoms. The zero-order valence-electron chi connectivity index (χ0n) is 8.90. The number of hydrogen-bond donors (Lipinski definition) is 2. The zero-order valence-corrected chi connectivity index (χ0v) is 9.72. The summed E-state index contributed by atoms with van der Waals surface area (Å²) in [6, 6.07) is 4.22. The van der Waals surface area contributed by atoms with Crippen molar-refractivity contribution in [2.45, 2.75) is 32.4 Å². The van der Waals surface area contributed by atoms with E-state index < -0.39 is 12.1 Å². The molecule has 2 nitrogen and oxygen atoms in total. The Morgan fingerprint density at radius 1 is 1.47 bits per heavy atom. The van der Waals surface area contributed by atoms with Gasteiger partial charge in [-0.05, 0) is 25.0 Å². The molecule has 86 valence electrons. The molecule has 1 aromatic carbocycles. The first-order chi connectivity index (χ1) is 6.56. The smallest absolute Gasteiger partial charge is 0.128 e. The highest BCUT2D eigenvalue weighted by Gasteiger charge is 2.18. The van der Waals surface area contributed by atoms with Crippen molar-refractivity contribution in [2.75, 3.05) is 0 Å². The maximum Gasteiger partial charge on any atom is 0.128 e. The summed E-state index contributed by atoms with van der Waals surface area (Å²) in [7, 11) is 0. The molecule has 4 heteroatoms. The van der Waals surface area contributed by atoms with E-state index in [-0.39, 0.29) is 18.2 Å². The van der Waals surface area contributed by atoms with E-state index in [0.717, 1.165) is 5.56 Å². The summed E-state index contributed by atoms with van der Waals surface area (Å²) in [5.74, 6) is -0.343. The van der Waals surface area contributed by atoms with Gasteiger partial charge in [0.1, 0.15) is 5.82 Å². The standard InChI is InChI=1S/C11H16FNO.ClH/c1-3-10(14)11(13)8-5-4-7(2)6-9(8)12;/h4-6,10-11,14H,3,13H2,1-2H3;1H/t10-,11+;/m0./s1. The summed E-state index contributed by atoms with van der Waals surface area (Å²) < 4.78 is 13.4. The van der Waals surface area contributed by atoms with Gasteiger partial charge in [0.2, 0.25) is 0 Å². The first-order valence-corrected chi connectivity index (χ1v) is 4.76. The second-order valence-electron chi connectivity index (χ2n) is 3.53. The molecule has 0 aliphatic carbocycles. The van der Waals surface area contributed by atoms with Gasteiger partial charge in [0.05, 0.1) is 12.1 Å². The molecule has 0 aromatic heterocycles. The van der Waals surface area contributed by atoms with Crippen LogP contribution in [0.4, 0.5) is 4.39 Å². The Morgan fingerprint density at radius 2 is 2.07 bits per heavy atom. The van der Waals surface area contributed by atoms with Crippen LogP contribution in [0.25, 0.3) is 0 Å². The number of aliphatic hydroxyl groups excluding tert-OH is 1. The first-order valence-electron chi connectivity index (χ1n) is 4.76. The Hall–Kier alpha value is -0.640. The van der Waals surface area contributed by atoms with Crippen molar-refractivity contribution in [1.82, 2.24) is 0 Å². The van der Waals surface area contributed by atoms with E-state index in [2.05, 4.69) is 0 Å². The highest BCUT2D eigenvalue weighted by atomic mass is 35.5. The molecule has 0 aliphatic rings. The van der Waals surface area contributed by atoms with Crippen LogP contribution in [0.2, 0.25) is 0 Å². The molecule has 2 atom stereocenters. The molecule has 0 amide bonds. The molecule has 0 unspecified atom stereocenters. The van der Waals surface area contributed by atoms with Crippen LogP contribution in [-0.4, -0.2) is 11.2 Å². The third kappa shape index (κ3) is 3.45. The molecule has 0 spiro atoms. The molecular weight excluding hydrogens is 217 g/mol. The van der Waals surface area contributed by atoms with Gasteiger partial charge in [0.25, 0.3) is 0 Å². The van der Waals surface area contributed by atoms with Crippen LogP contribution in [0.15, 0.2) is 18.2 Å². The number of aliphatic hydroxyl groups is 1. The second kappa shape index (κ2) is 6.05. The van der Waals surface area contributed by atoms with E-state index in [1.165, 1.54) is 6.07 Å². The van der Waals surface area contributed by atoms with E-state index in [0.29, 0.717) is 12.0 Å². The predicted molar refractivity (Wildman–Crippen MR) is 61.6 cm³/mol. The van der Waals surface area contributed by atoms with Crippen molar-refractivity contribution in [2.24, 2.45) is 5.73 Å². The molecular formula is C11H17ClFNO. The minimum absolute atomic E-state index is 0. The Kier molecular flexibility index (Phi) is 5.80. The van der Waals surface area contributed by atoms with Crippen molar-refractivity contribution < 1.29 is 9.50 Å². The lowest BCUT2D eigenvalue weighted by molar-refractivity contribution is 0.139. The summed E-state index contributed by atoms with van der Waals surface area (Å²) in [5, 5.41) is 9.48. The van der Waals surface area contributed by atoms with Gasteiger partial charge in [0, 0.05) is 5.56 Å². The van der Waals surface area contributed by atoms with E-state index in [1.54, 1.807) is 12.1 Å². The van der Waals surface area contributed by atoms with Crippen molar-refractivity contribution in [3.8, 4) is 0 Å². The number of hydrogen-bond acceptors (Lipinski definition) is 2. The van der Waals surface area contributed by atoms with Crippen LogP contribution in [-0.2, 0) is 0 Å². The van der Waals surface area contributed by atoms with Crippen LogP contribution in [0, 0.1) is 12.7 Å². The third-order valence-corrected chi connectivity index (χ3v) is 2.35. The van der Waals surface area contributed by atoms with E-state index in [1.807, 2.05) is 13.8 Å². The minimum atomic E-state index is -0.688. The Balaban J connectivity index is 0.00000196. The summed E-state index contributed by atoms with van der Waals surface area (Å²) in [6.07, 6.45) is -0.165. The lowest BCUT2D eigenvalue weighted by atomic mass is 9.99. The predicted octanol–water partition coefficient (Wildman–Crippen LogP) is 2.33. The van der Waals surface area contributed by atoms with Gasteiger partial charge in [-0.1, -0.05) is 19.1 Å². The quantitative estimate of drug-likeness (QED) is 0.842. The van der Waals surface area contributed by atoms with Gasteiger partial charge in [-0.2, -0.15) is 0 Å². The molecule has 0 aliphatic heterocycles. The highest BCUT2D eigenvalue weighted by molar-refractivity contribution is 5.85. The Labute approximate surface area is 95.7 Å². The molecule has 1 aromatic rings. The fourth-order valence-corrected chi connectivity index (χ4v) is 1.36. The second-order valence-corrected chi connectivity index (χ2v) is 3.53. The minimum Gasteiger partial charge on any atom is -0.391 e. The maximum atomic E-state index is 13.4. The molecule has 1 rings (SSSR count). The SMILES string of the molecule is CC[C@H](O)[C@H](N)c1ccc(C)cc1F.Cl. The fourth-order valence-electron chi connectivity index (χ4n) is 1.36. The van der Waals surface area contributed by atoms with Crippen LogP contribution in [0.5, 0.6) is 0 Å². The van der Waals surface area contributed by atoms with Crippen molar-refractivity contribution >= 4 is 12.4 Å². The molecule has 0 bridgehead atoms. The van der Waals surface area contributed by atoms with Gasteiger partial charge in [-0.25, -0.2) is 4.39 Å². The van der Waals surface area contributed by atoms with E-state index >= 15 is 0 Å². The fraction of sp³-hybridized carbons (Fsp3) is 0.455.